The van der Waals surface area contributed by atoms with Crippen LogP contribution in [0.2, 0.25) is 0 Å². The zero-order chi connectivity index (χ0) is 15.4. The summed E-state index contributed by atoms with van der Waals surface area (Å²) in [6.07, 6.45) is 2.22. The largest absolute Gasteiger partial charge is 0.382 e. The lowest BCUT2D eigenvalue weighted by molar-refractivity contribution is 0.0680. The lowest BCUT2D eigenvalue weighted by Gasteiger charge is -2.32. The van der Waals surface area contributed by atoms with Gasteiger partial charge in [0.1, 0.15) is 10.7 Å². The fourth-order valence-electron chi connectivity index (χ4n) is 2.64. The number of piperidine rings is 1. The van der Waals surface area contributed by atoms with Crippen LogP contribution in [0, 0.1) is 5.92 Å². The topological polar surface area (TPSA) is 83.3 Å². The first-order valence-electron chi connectivity index (χ1n) is 7.48. The van der Waals surface area contributed by atoms with Gasteiger partial charge in [-0.3, -0.25) is 4.79 Å². The van der Waals surface area contributed by atoms with Gasteiger partial charge in [-0.05, 0) is 46.2 Å². The number of hydrogen-bond donors (Lipinski definition) is 3. The monoisotopic (exact) mass is 311 g/mol. The van der Waals surface area contributed by atoms with Crippen molar-refractivity contribution in [2.45, 2.75) is 32.7 Å². The molecule has 1 aliphatic heterocycles. The molecular formula is C14H25N5OS. The number of carbonyl (C=O) groups excluding carboxylic acids is 1. The molecule has 1 aliphatic rings. The Morgan fingerprint density at radius 1 is 1.57 bits per heavy atom. The molecule has 7 heteroatoms. The molecule has 0 aromatic carbocycles. The van der Waals surface area contributed by atoms with E-state index in [9.17, 15) is 4.79 Å². The van der Waals surface area contributed by atoms with Crippen molar-refractivity contribution in [1.29, 1.82) is 0 Å². The van der Waals surface area contributed by atoms with Crippen LogP contribution in [0.5, 0.6) is 0 Å². The number of nitrogens with zero attached hydrogens (tertiary/aromatic N) is 2. The molecule has 1 aromatic heterocycles. The van der Waals surface area contributed by atoms with Gasteiger partial charge in [0.15, 0.2) is 5.13 Å². The molecule has 0 bridgehead atoms. The molecular weight excluding hydrogens is 286 g/mol. The molecule has 0 saturated carbocycles. The van der Waals surface area contributed by atoms with Gasteiger partial charge in [-0.15, -0.1) is 0 Å². The zero-order valence-corrected chi connectivity index (χ0v) is 13.8. The van der Waals surface area contributed by atoms with Crippen molar-refractivity contribution < 1.29 is 4.79 Å². The van der Waals surface area contributed by atoms with Crippen LogP contribution in [0.3, 0.4) is 0 Å². The van der Waals surface area contributed by atoms with E-state index in [1.807, 2.05) is 25.8 Å². The van der Waals surface area contributed by atoms with Crippen LogP contribution in [-0.2, 0) is 0 Å². The maximum absolute atomic E-state index is 12.6. The van der Waals surface area contributed by atoms with Gasteiger partial charge in [0.25, 0.3) is 5.91 Å². The number of nitrogens with two attached hydrogens (primary N) is 1. The third-order valence-corrected chi connectivity index (χ3v) is 4.55. The van der Waals surface area contributed by atoms with Crippen LogP contribution in [0.25, 0.3) is 0 Å². The average Bonchev–Trinajstić information content (AvgIpc) is 2.78. The predicted molar refractivity (Wildman–Crippen MR) is 87.8 cm³/mol. The maximum atomic E-state index is 12.6. The number of anilines is 2. The number of nitrogens with one attached hydrogen (secondary N) is 2. The second-order valence-corrected chi connectivity index (χ2v) is 6.85. The quantitative estimate of drug-likeness (QED) is 0.769. The zero-order valence-electron chi connectivity index (χ0n) is 13.0. The van der Waals surface area contributed by atoms with Crippen molar-refractivity contribution in [2.75, 3.05) is 37.7 Å². The Labute approximate surface area is 130 Å². The molecule has 1 saturated heterocycles. The SMILES string of the molecule is CNCC1CCCN(C(=O)c2sc(NC(C)C)nc2N)C1. The summed E-state index contributed by atoms with van der Waals surface area (Å²) in [5.74, 6) is 0.876. The second-order valence-electron chi connectivity index (χ2n) is 5.85. The van der Waals surface area contributed by atoms with Crippen LogP contribution >= 0.6 is 11.3 Å². The van der Waals surface area contributed by atoms with Crippen LogP contribution in [0.1, 0.15) is 36.4 Å². The van der Waals surface area contributed by atoms with E-state index < -0.39 is 0 Å². The van der Waals surface area contributed by atoms with Gasteiger partial charge >= 0.3 is 0 Å². The Balaban J connectivity index is 2.07. The Bertz CT molecular complexity index is 486. The molecule has 0 radical (unpaired) electrons. The Morgan fingerprint density at radius 3 is 3.00 bits per heavy atom. The highest BCUT2D eigenvalue weighted by Gasteiger charge is 2.27. The van der Waals surface area contributed by atoms with Crippen LogP contribution in [0.4, 0.5) is 10.9 Å². The number of rotatable bonds is 5. The first kappa shape index (κ1) is 16.0. The third-order valence-electron chi connectivity index (χ3n) is 3.56. The van der Waals surface area contributed by atoms with E-state index in [1.54, 1.807) is 0 Å². The molecule has 1 amide bonds. The molecule has 6 nitrogen and oxygen atoms in total. The molecule has 0 aliphatic carbocycles. The fraction of sp³-hybridized carbons (Fsp3) is 0.714. The molecule has 0 spiro atoms. The number of aromatic nitrogens is 1. The van der Waals surface area contributed by atoms with Gasteiger partial charge in [-0.25, -0.2) is 4.98 Å². The summed E-state index contributed by atoms with van der Waals surface area (Å²) in [5, 5.41) is 7.11. The predicted octanol–water partition coefficient (Wildman–Crippen LogP) is 1.62. The Morgan fingerprint density at radius 2 is 2.33 bits per heavy atom. The fourth-order valence-corrected chi connectivity index (χ4v) is 3.64. The van der Waals surface area contributed by atoms with Crippen LogP contribution in [-0.4, -0.2) is 48.5 Å². The number of likely N-dealkylation sites (tertiary alicyclic amines) is 1. The second kappa shape index (κ2) is 7.09. The highest BCUT2D eigenvalue weighted by molar-refractivity contribution is 7.18. The van der Waals surface area contributed by atoms with Gasteiger partial charge in [-0.1, -0.05) is 11.3 Å². The number of carbonyl (C=O) groups is 1. The van der Waals surface area contributed by atoms with Crippen molar-refractivity contribution in [2.24, 2.45) is 5.92 Å². The third kappa shape index (κ3) is 4.07. The molecule has 21 heavy (non-hydrogen) atoms. The number of thiazole rings is 1. The number of nitrogen functional groups attached to an aromatic ring is 1. The van der Waals surface area contributed by atoms with Crippen molar-refractivity contribution in [3.63, 3.8) is 0 Å². The summed E-state index contributed by atoms with van der Waals surface area (Å²) < 4.78 is 0. The van der Waals surface area contributed by atoms with Gasteiger partial charge < -0.3 is 21.3 Å². The van der Waals surface area contributed by atoms with E-state index in [4.69, 9.17) is 5.73 Å². The first-order valence-corrected chi connectivity index (χ1v) is 8.29. The van der Waals surface area contributed by atoms with Gasteiger partial charge in [0.05, 0.1) is 0 Å². The van der Waals surface area contributed by atoms with Crippen LogP contribution < -0.4 is 16.4 Å². The standard InChI is InChI=1S/C14H25N5OS/c1-9(2)17-14-18-12(15)11(21-14)13(20)19-6-4-5-10(8-19)7-16-3/h9-10,16H,4-8,15H2,1-3H3,(H,17,18). The minimum absolute atomic E-state index is 0.0163. The normalized spacial score (nSPS) is 19.0. The summed E-state index contributed by atoms with van der Waals surface area (Å²) in [5.41, 5.74) is 5.92. The van der Waals surface area contributed by atoms with Crippen molar-refractivity contribution in [3.8, 4) is 0 Å². The summed E-state index contributed by atoms with van der Waals surface area (Å²) in [6, 6.07) is 0.272. The van der Waals surface area contributed by atoms with Crippen molar-refractivity contribution in [3.05, 3.63) is 4.88 Å². The van der Waals surface area contributed by atoms with E-state index in [0.29, 0.717) is 16.6 Å². The van der Waals surface area contributed by atoms with Crippen molar-refractivity contribution >= 4 is 28.2 Å². The summed E-state index contributed by atoms with van der Waals surface area (Å²) in [4.78, 5) is 19.4. The molecule has 118 valence electrons. The van der Waals surface area contributed by atoms with Gasteiger partial charge in [0.2, 0.25) is 0 Å². The average molecular weight is 311 g/mol. The molecule has 2 rings (SSSR count). The lowest BCUT2D eigenvalue weighted by atomic mass is 9.98. The van der Waals surface area contributed by atoms with Crippen LogP contribution in [0.15, 0.2) is 0 Å². The summed E-state index contributed by atoms with van der Waals surface area (Å²) in [6.45, 7) is 6.62. The first-order chi connectivity index (χ1) is 10.0. The Hall–Kier alpha value is -1.34. The molecule has 1 unspecified atom stereocenters. The number of hydrogen-bond acceptors (Lipinski definition) is 6. The molecule has 2 heterocycles. The highest BCUT2D eigenvalue weighted by Crippen LogP contribution is 2.28. The highest BCUT2D eigenvalue weighted by atomic mass is 32.1. The maximum Gasteiger partial charge on any atom is 0.267 e. The Kier molecular flexibility index (Phi) is 5.41. The minimum atomic E-state index is 0.0163. The lowest BCUT2D eigenvalue weighted by Crippen LogP contribution is -2.42. The van der Waals surface area contributed by atoms with Gasteiger partial charge in [0, 0.05) is 19.1 Å². The smallest absolute Gasteiger partial charge is 0.267 e. The minimum Gasteiger partial charge on any atom is -0.382 e. The van der Waals surface area contributed by atoms with E-state index >= 15 is 0 Å². The van der Waals surface area contributed by atoms with E-state index in [2.05, 4.69) is 15.6 Å². The van der Waals surface area contributed by atoms with E-state index in [0.717, 1.165) is 31.2 Å². The van der Waals surface area contributed by atoms with Gasteiger partial charge in [-0.2, -0.15) is 0 Å². The van der Waals surface area contributed by atoms with E-state index in [-0.39, 0.29) is 11.9 Å². The molecule has 4 N–H and O–H groups in total. The molecule has 1 atom stereocenters. The van der Waals surface area contributed by atoms with Crippen molar-refractivity contribution in [1.82, 2.24) is 15.2 Å². The molecule has 1 aromatic rings. The summed E-state index contributed by atoms with van der Waals surface area (Å²) >= 11 is 1.35. The summed E-state index contributed by atoms with van der Waals surface area (Å²) in [7, 11) is 1.95. The molecule has 1 fully saturated rings. The number of amides is 1. The van der Waals surface area contributed by atoms with E-state index in [1.165, 1.54) is 17.8 Å².